The van der Waals surface area contributed by atoms with Crippen LogP contribution in [0.1, 0.15) is 10.5 Å². The van der Waals surface area contributed by atoms with Crippen molar-refractivity contribution >= 4 is 45.0 Å². The molecule has 8 heteroatoms. The molecule has 0 radical (unpaired) electrons. The Kier molecular flexibility index (Phi) is 4.36. The first kappa shape index (κ1) is 15.7. The summed E-state index contributed by atoms with van der Waals surface area (Å²) in [4.78, 5) is 21.5. The van der Waals surface area contributed by atoms with Crippen LogP contribution in [0.5, 0.6) is 0 Å². The van der Waals surface area contributed by atoms with E-state index in [-0.39, 0.29) is 5.91 Å². The van der Waals surface area contributed by atoms with E-state index >= 15 is 0 Å². The maximum absolute atomic E-state index is 12.1. The molecule has 0 aliphatic carbocycles. The minimum atomic E-state index is -0.303. The minimum absolute atomic E-state index is 0.303. The summed E-state index contributed by atoms with van der Waals surface area (Å²) in [5, 5.41) is 12.4. The molecule has 0 fully saturated rings. The van der Waals surface area contributed by atoms with Gasteiger partial charge in [0.25, 0.3) is 5.91 Å². The van der Waals surface area contributed by atoms with Gasteiger partial charge in [0, 0.05) is 22.7 Å². The Balaban J connectivity index is 1.52. The van der Waals surface area contributed by atoms with Crippen molar-refractivity contribution < 1.29 is 4.79 Å². The highest BCUT2D eigenvalue weighted by Crippen LogP contribution is 2.35. The number of carbonyl (C=O) groups is 1. The lowest BCUT2D eigenvalue weighted by Crippen LogP contribution is -2.13. The molecule has 3 aromatic heterocycles. The van der Waals surface area contributed by atoms with Crippen LogP contribution in [0.25, 0.3) is 10.9 Å². The number of hydrogen-bond donors (Lipinski definition) is 1. The number of benzene rings is 1. The van der Waals surface area contributed by atoms with Gasteiger partial charge in [-0.3, -0.25) is 20.1 Å². The number of pyridine rings is 2. The standard InChI is InChI=1S/C17H11N5OS2/c23-15(13-7-3-4-9-18-13)20-16-21-22-17(25-16)24-14-8-10-19-12-6-2-1-5-11(12)14/h1-10H,(H,20,21,23). The van der Waals surface area contributed by atoms with Crippen molar-refractivity contribution in [3.8, 4) is 0 Å². The first-order valence-corrected chi connectivity index (χ1v) is 9.00. The van der Waals surface area contributed by atoms with Gasteiger partial charge in [0.15, 0.2) is 4.34 Å². The van der Waals surface area contributed by atoms with Crippen molar-refractivity contribution in [3.05, 3.63) is 66.6 Å². The van der Waals surface area contributed by atoms with Gasteiger partial charge in [0.05, 0.1) is 5.52 Å². The van der Waals surface area contributed by atoms with Crippen LogP contribution < -0.4 is 5.32 Å². The van der Waals surface area contributed by atoms with Crippen molar-refractivity contribution in [1.82, 2.24) is 20.2 Å². The molecule has 0 aliphatic rings. The van der Waals surface area contributed by atoms with Crippen molar-refractivity contribution in [2.75, 3.05) is 5.32 Å². The van der Waals surface area contributed by atoms with Crippen LogP contribution in [-0.4, -0.2) is 26.1 Å². The summed E-state index contributed by atoms with van der Waals surface area (Å²) in [5.41, 5.74) is 1.27. The average molecular weight is 365 g/mol. The topological polar surface area (TPSA) is 80.7 Å². The Bertz CT molecular complexity index is 1030. The molecule has 0 atom stereocenters. The van der Waals surface area contributed by atoms with Crippen LogP contribution in [0.2, 0.25) is 0 Å². The van der Waals surface area contributed by atoms with E-state index in [4.69, 9.17) is 0 Å². The fourth-order valence-electron chi connectivity index (χ4n) is 2.21. The van der Waals surface area contributed by atoms with Gasteiger partial charge in [0.2, 0.25) is 5.13 Å². The van der Waals surface area contributed by atoms with Crippen LogP contribution in [0.15, 0.2) is 70.2 Å². The van der Waals surface area contributed by atoms with E-state index in [1.165, 1.54) is 23.1 Å². The second-order valence-corrected chi connectivity index (χ2v) is 7.24. The molecule has 4 aromatic rings. The normalized spacial score (nSPS) is 10.7. The smallest absolute Gasteiger partial charge is 0.276 e. The lowest BCUT2D eigenvalue weighted by atomic mass is 10.2. The van der Waals surface area contributed by atoms with Crippen LogP contribution in [0.3, 0.4) is 0 Å². The van der Waals surface area contributed by atoms with Gasteiger partial charge >= 0.3 is 0 Å². The highest BCUT2D eigenvalue weighted by atomic mass is 32.2. The maximum atomic E-state index is 12.1. The quantitative estimate of drug-likeness (QED) is 0.553. The van der Waals surface area contributed by atoms with E-state index in [0.29, 0.717) is 10.8 Å². The monoisotopic (exact) mass is 365 g/mol. The molecule has 1 amide bonds. The zero-order valence-corrected chi connectivity index (χ0v) is 14.4. The van der Waals surface area contributed by atoms with Gasteiger partial charge in [-0.2, -0.15) is 0 Å². The van der Waals surface area contributed by atoms with E-state index in [0.717, 1.165) is 20.1 Å². The highest BCUT2D eigenvalue weighted by Gasteiger charge is 2.12. The van der Waals surface area contributed by atoms with E-state index in [9.17, 15) is 4.79 Å². The van der Waals surface area contributed by atoms with E-state index in [1.807, 2.05) is 30.3 Å². The molecule has 122 valence electrons. The molecular formula is C17H11N5OS2. The number of fused-ring (bicyclic) bond motifs is 1. The van der Waals surface area contributed by atoms with Crippen LogP contribution in [-0.2, 0) is 0 Å². The van der Waals surface area contributed by atoms with Gasteiger partial charge in [0.1, 0.15) is 5.69 Å². The number of nitrogens with one attached hydrogen (secondary N) is 1. The van der Waals surface area contributed by atoms with Crippen molar-refractivity contribution in [2.45, 2.75) is 9.24 Å². The van der Waals surface area contributed by atoms with Crippen molar-refractivity contribution in [3.63, 3.8) is 0 Å². The van der Waals surface area contributed by atoms with Gasteiger partial charge in [-0.05, 0) is 24.3 Å². The summed E-state index contributed by atoms with van der Waals surface area (Å²) in [6.45, 7) is 0. The van der Waals surface area contributed by atoms with E-state index in [1.54, 1.807) is 30.6 Å². The van der Waals surface area contributed by atoms with E-state index in [2.05, 4.69) is 25.5 Å². The number of hydrogen-bond acceptors (Lipinski definition) is 7. The molecule has 1 aromatic carbocycles. The van der Waals surface area contributed by atoms with Crippen molar-refractivity contribution in [2.24, 2.45) is 0 Å². The largest absolute Gasteiger partial charge is 0.295 e. The lowest BCUT2D eigenvalue weighted by molar-refractivity contribution is 0.102. The van der Waals surface area contributed by atoms with Gasteiger partial charge in [-0.15, -0.1) is 10.2 Å². The Morgan fingerprint density at radius 1 is 0.960 bits per heavy atom. The molecule has 0 bridgehead atoms. The summed E-state index contributed by atoms with van der Waals surface area (Å²) in [7, 11) is 0. The second-order valence-electron chi connectivity index (χ2n) is 4.97. The number of rotatable bonds is 4. The van der Waals surface area contributed by atoms with Crippen LogP contribution >= 0.6 is 23.1 Å². The van der Waals surface area contributed by atoms with Crippen molar-refractivity contribution in [1.29, 1.82) is 0 Å². The van der Waals surface area contributed by atoms with Gasteiger partial charge in [-0.25, -0.2) is 0 Å². The van der Waals surface area contributed by atoms with Crippen LogP contribution in [0, 0.1) is 0 Å². The molecule has 6 nitrogen and oxygen atoms in total. The molecule has 0 saturated carbocycles. The Labute approximate surface area is 151 Å². The lowest BCUT2D eigenvalue weighted by Gasteiger charge is -2.02. The molecule has 3 heterocycles. The number of nitrogens with zero attached hydrogens (tertiary/aromatic N) is 4. The average Bonchev–Trinajstić information content (AvgIpc) is 3.09. The number of amides is 1. The number of anilines is 1. The molecule has 4 rings (SSSR count). The molecule has 0 unspecified atom stereocenters. The van der Waals surface area contributed by atoms with Gasteiger partial charge < -0.3 is 0 Å². The third kappa shape index (κ3) is 3.49. The predicted octanol–water partition coefficient (Wildman–Crippen LogP) is 3.88. The summed E-state index contributed by atoms with van der Waals surface area (Å²) < 4.78 is 0.743. The van der Waals surface area contributed by atoms with Crippen LogP contribution in [0.4, 0.5) is 5.13 Å². The Hall–Kier alpha value is -2.84. The summed E-state index contributed by atoms with van der Waals surface area (Å²) in [6, 6.07) is 15.0. The van der Waals surface area contributed by atoms with E-state index < -0.39 is 0 Å². The second kappa shape index (κ2) is 6.96. The Morgan fingerprint density at radius 2 is 1.84 bits per heavy atom. The third-order valence-corrected chi connectivity index (χ3v) is 5.30. The zero-order chi connectivity index (χ0) is 17.1. The molecular weight excluding hydrogens is 354 g/mol. The molecule has 25 heavy (non-hydrogen) atoms. The predicted molar refractivity (Wildman–Crippen MR) is 98.0 cm³/mol. The fourth-order valence-corrected chi connectivity index (χ4v) is 4.04. The molecule has 0 saturated heterocycles. The molecule has 1 N–H and O–H groups in total. The van der Waals surface area contributed by atoms with Gasteiger partial charge in [-0.1, -0.05) is 47.4 Å². The number of aromatic nitrogens is 4. The number of para-hydroxylation sites is 1. The summed E-state index contributed by atoms with van der Waals surface area (Å²) in [6.07, 6.45) is 3.35. The minimum Gasteiger partial charge on any atom is -0.295 e. The number of carbonyl (C=O) groups excluding carboxylic acids is 1. The Morgan fingerprint density at radius 3 is 2.72 bits per heavy atom. The molecule has 0 aliphatic heterocycles. The first-order chi connectivity index (χ1) is 12.3. The SMILES string of the molecule is O=C(Nc1nnc(Sc2ccnc3ccccc23)s1)c1ccccn1. The summed E-state index contributed by atoms with van der Waals surface area (Å²) in [5.74, 6) is -0.303. The third-order valence-electron chi connectivity index (χ3n) is 3.33. The highest BCUT2D eigenvalue weighted by molar-refractivity contribution is 8.01. The molecule has 0 spiro atoms. The summed E-state index contributed by atoms with van der Waals surface area (Å²) >= 11 is 2.82. The zero-order valence-electron chi connectivity index (χ0n) is 12.8. The maximum Gasteiger partial charge on any atom is 0.276 e. The first-order valence-electron chi connectivity index (χ1n) is 7.37. The fraction of sp³-hybridized carbons (Fsp3) is 0.